The third-order valence-electron chi connectivity index (χ3n) is 5.50. The number of carboxylic acids is 1. The number of aromatic carboxylic acids is 1. The number of benzene rings is 3. The van der Waals surface area contributed by atoms with E-state index in [0.29, 0.717) is 21.7 Å². The molecule has 0 unspecified atom stereocenters. The fourth-order valence-corrected chi connectivity index (χ4v) is 4.96. The Bertz CT molecular complexity index is 1470. The molecule has 0 saturated carbocycles. The Labute approximate surface area is 217 Å². The van der Waals surface area contributed by atoms with Gasteiger partial charge in [0.25, 0.3) is 0 Å². The molecule has 4 aromatic rings. The second-order valence-electron chi connectivity index (χ2n) is 9.54. The Hall–Kier alpha value is -3.85. The second-order valence-corrected chi connectivity index (χ2v) is 10.6. The largest absolute Gasteiger partial charge is 0.478 e. The highest BCUT2D eigenvalue weighted by atomic mass is 32.2. The standard InChI is InChI=1S/C28H26F2N2O4S/c1-28(2,3)36-27(35)31(4)20-9-10-21-23(14-20)32(15-17-11-18(29)13-19(30)12-17)16-25(21)37-24-8-6-5-7-22(24)26(33)34/h5-14,16H,15H2,1-4H3,(H,33,34). The lowest BCUT2D eigenvalue weighted by Gasteiger charge is -2.24. The van der Waals surface area contributed by atoms with E-state index in [9.17, 15) is 23.5 Å². The van der Waals surface area contributed by atoms with Crippen molar-refractivity contribution in [2.45, 2.75) is 42.7 Å². The number of hydrogen-bond donors (Lipinski definition) is 1. The summed E-state index contributed by atoms with van der Waals surface area (Å²) in [5, 5.41) is 10.4. The molecule has 0 bridgehead atoms. The average Bonchev–Trinajstić information content (AvgIpc) is 3.13. The van der Waals surface area contributed by atoms with Crippen LogP contribution in [0.2, 0.25) is 0 Å². The lowest BCUT2D eigenvalue weighted by Crippen LogP contribution is -2.34. The summed E-state index contributed by atoms with van der Waals surface area (Å²) in [7, 11) is 1.60. The minimum absolute atomic E-state index is 0.159. The van der Waals surface area contributed by atoms with E-state index in [-0.39, 0.29) is 12.1 Å². The van der Waals surface area contributed by atoms with Crippen LogP contribution in [0.3, 0.4) is 0 Å². The molecule has 4 rings (SSSR count). The van der Waals surface area contributed by atoms with E-state index in [1.807, 2.05) is 16.8 Å². The van der Waals surface area contributed by atoms with Crippen LogP contribution in [0.15, 0.2) is 76.7 Å². The molecule has 1 heterocycles. The van der Waals surface area contributed by atoms with Gasteiger partial charge < -0.3 is 14.4 Å². The van der Waals surface area contributed by atoms with Gasteiger partial charge in [0.1, 0.15) is 17.2 Å². The summed E-state index contributed by atoms with van der Waals surface area (Å²) < 4.78 is 35.1. The first-order valence-corrected chi connectivity index (χ1v) is 12.3. The van der Waals surface area contributed by atoms with Crippen molar-refractivity contribution in [3.8, 4) is 0 Å². The van der Waals surface area contributed by atoms with E-state index in [1.54, 1.807) is 58.2 Å². The van der Waals surface area contributed by atoms with Crippen LogP contribution in [0, 0.1) is 11.6 Å². The van der Waals surface area contributed by atoms with Crippen LogP contribution in [0.5, 0.6) is 0 Å². The van der Waals surface area contributed by atoms with Gasteiger partial charge in [-0.25, -0.2) is 18.4 Å². The number of carbonyl (C=O) groups excluding carboxylic acids is 1. The molecule has 3 aromatic carbocycles. The number of nitrogens with zero attached hydrogens (tertiary/aromatic N) is 2. The lowest BCUT2D eigenvalue weighted by atomic mass is 10.2. The molecule has 0 aliphatic rings. The van der Waals surface area contributed by atoms with Crippen molar-refractivity contribution in [1.29, 1.82) is 0 Å². The zero-order valence-electron chi connectivity index (χ0n) is 20.8. The van der Waals surface area contributed by atoms with Gasteiger partial charge in [0.15, 0.2) is 0 Å². The first-order chi connectivity index (χ1) is 17.4. The molecular weight excluding hydrogens is 498 g/mol. The van der Waals surface area contributed by atoms with Crippen LogP contribution in [-0.4, -0.2) is 34.4 Å². The van der Waals surface area contributed by atoms with Gasteiger partial charge in [-0.3, -0.25) is 4.90 Å². The Balaban J connectivity index is 1.80. The molecular formula is C28H26F2N2O4S. The van der Waals surface area contributed by atoms with E-state index in [0.717, 1.165) is 16.3 Å². The zero-order chi connectivity index (χ0) is 26.9. The number of anilines is 1. The summed E-state index contributed by atoms with van der Waals surface area (Å²) in [6, 6.07) is 15.4. The van der Waals surface area contributed by atoms with E-state index < -0.39 is 29.3 Å². The molecule has 192 valence electrons. The number of amides is 1. The SMILES string of the molecule is CN(C(=O)OC(C)(C)C)c1ccc2c(Sc3ccccc3C(=O)O)cn(Cc3cc(F)cc(F)c3)c2c1. The highest BCUT2D eigenvalue weighted by Crippen LogP contribution is 2.38. The van der Waals surface area contributed by atoms with Crippen molar-refractivity contribution in [3.05, 3.63) is 89.6 Å². The van der Waals surface area contributed by atoms with Gasteiger partial charge in [-0.15, -0.1) is 0 Å². The Morgan fingerprint density at radius 2 is 1.68 bits per heavy atom. The molecule has 1 aromatic heterocycles. The van der Waals surface area contributed by atoms with Gasteiger partial charge in [0.2, 0.25) is 0 Å². The molecule has 6 nitrogen and oxygen atoms in total. The van der Waals surface area contributed by atoms with Crippen molar-refractivity contribution >= 4 is 40.4 Å². The summed E-state index contributed by atoms with van der Waals surface area (Å²) in [4.78, 5) is 27.1. The van der Waals surface area contributed by atoms with E-state index in [2.05, 4.69) is 0 Å². The topological polar surface area (TPSA) is 71.8 Å². The van der Waals surface area contributed by atoms with Gasteiger partial charge in [-0.1, -0.05) is 23.9 Å². The number of carbonyl (C=O) groups is 2. The van der Waals surface area contributed by atoms with Crippen LogP contribution in [0.4, 0.5) is 19.3 Å². The molecule has 37 heavy (non-hydrogen) atoms. The molecule has 1 amide bonds. The maximum atomic E-state index is 13.9. The third-order valence-corrected chi connectivity index (χ3v) is 6.62. The first kappa shape index (κ1) is 26.2. The quantitative estimate of drug-likeness (QED) is 0.289. The molecule has 0 fully saturated rings. The smallest absolute Gasteiger partial charge is 0.414 e. The molecule has 0 aliphatic heterocycles. The maximum Gasteiger partial charge on any atom is 0.414 e. The van der Waals surface area contributed by atoms with E-state index >= 15 is 0 Å². The fraction of sp³-hybridized carbons (Fsp3) is 0.214. The van der Waals surface area contributed by atoms with Crippen molar-refractivity contribution in [2.24, 2.45) is 0 Å². The number of rotatable bonds is 6. The Morgan fingerprint density at radius 1 is 1.00 bits per heavy atom. The molecule has 0 aliphatic carbocycles. The first-order valence-electron chi connectivity index (χ1n) is 11.5. The highest BCUT2D eigenvalue weighted by Gasteiger charge is 2.22. The summed E-state index contributed by atoms with van der Waals surface area (Å²) in [6.45, 7) is 5.50. The predicted molar refractivity (Wildman–Crippen MR) is 140 cm³/mol. The maximum absolute atomic E-state index is 13.9. The van der Waals surface area contributed by atoms with Crippen LogP contribution < -0.4 is 4.90 Å². The van der Waals surface area contributed by atoms with Gasteiger partial charge in [-0.05, 0) is 68.8 Å². The van der Waals surface area contributed by atoms with Gasteiger partial charge >= 0.3 is 12.1 Å². The number of ether oxygens (including phenoxy) is 1. The van der Waals surface area contributed by atoms with Crippen LogP contribution in [-0.2, 0) is 11.3 Å². The Morgan fingerprint density at radius 3 is 2.32 bits per heavy atom. The lowest BCUT2D eigenvalue weighted by molar-refractivity contribution is 0.0588. The van der Waals surface area contributed by atoms with Gasteiger partial charge in [0.05, 0.1) is 11.1 Å². The normalized spacial score (nSPS) is 11.5. The highest BCUT2D eigenvalue weighted by molar-refractivity contribution is 7.99. The minimum atomic E-state index is -1.04. The summed E-state index contributed by atoms with van der Waals surface area (Å²) in [6.07, 6.45) is 1.29. The van der Waals surface area contributed by atoms with Crippen LogP contribution in [0.1, 0.15) is 36.7 Å². The third kappa shape index (κ3) is 6.11. The van der Waals surface area contributed by atoms with Crippen molar-refractivity contribution < 1.29 is 28.2 Å². The number of aromatic nitrogens is 1. The second kappa shape index (κ2) is 10.3. The monoisotopic (exact) mass is 524 g/mol. The summed E-state index contributed by atoms with van der Waals surface area (Å²) in [5.74, 6) is -2.40. The average molecular weight is 525 g/mol. The van der Waals surface area contributed by atoms with Crippen LogP contribution >= 0.6 is 11.8 Å². The summed E-state index contributed by atoms with van der Waals surface area (Å²) in [5.41, 5.74) is 1.19. The van der Waals surface area contributed by atoms with E-state index in [4.69, 9.17) is 4.74 Å². The van der Waals surface area contributed by atoms with Crippen molar-refractivity contribution in [2.75, 3.05) is 11.9 Å². The van der Waals surface area contributed by atoms with Crippen molar-refractivity contribution in [3.63, 3.8) is 0 Å². The zero-order valence-corrected chi connectivity index (χ0v) is 21.6. The molecule has 9 heteroatoms. The molecule has 0 spiro atoms. The molecule has 0 saturated heterocycles. The van der Waals surface area contributed by atoms with Crippen LogP contribution in [0.25, 0.3) is 10.9 Å². The predicted octanol–water partition coefficient (Wildman–Crippen LogP) is 7.19. The van der Waals surface area contributed by atoms with Gasteiger partial charge in [-0.2, -0.15) is 0 Å². The number of carboxylic acid groups (broad SMARTS) is 1. The molecule has 0 atom stereocenters. The number of fused-ring (bicyclic) bond motifs is 1. The Kier molecular flexibility index (Phi) is 7.27. The molecule has 1 N–H and O–H groups in total. The fourth-order valence-electron chi connectivity index (χ4n) is 3.85. The minimum Gasteiger partial charge on any atom is -0.478 e. The number of halogens is 2. The van der Waals surface area contributed by atoms with E-state index in [1.165, 1.54) is 34.9 Å². The summed E-state index contributed by atoms with van der Waals surface area (Å²) >= 11 is 1.28. The van der Waals surface area contributed by atoms with Gasteiger partial charge in [0, 0.05) is 46.7 Å². The molecule has 0 radical (unpaired) electrons. The van der Waals surface area contributed by atoms with Crippen molar-refractivity contribution in [1.82, 2.24) is 4.57 Å². The number of hydrogen-bond acceptors (Lipinski definition) is 4.